The zero-order valence-electron chi connectivity index (χ0n) is 15.1. The molecule has 0 saturated heterocycles. The number of ether oxygens (including phenoxy) is 1. The molecule has 0 aliphatic carbocycles. The first-order chi connectivity index (χ1) is 11.8. The standard InChI is InChI=1S/C20H24ClNO2S/c1-5-24-18-11-6-14(19(23)22-20(2,3)4)12-15(18)13-25-17-9-7-16(21)8-10-17/h6-12H,5,13H2,1-4H3,(H,22,23). The van der Waals surface area contributed by atoms with Crippen LogP contribution >= 0.6 is 23.4 Å². The number of thioether (sulfide) groups is 1. The summed E-state index contributed by atoms with van der Waals surface area (Å²) in [6, 6.07) is 13.3. The first-order valence-corrected chi connectivity index (χ1v) is 9.61. The van der Waals surface area contributed by atoms with E-state index in [1.807, 2.05) is 70.2 Å². The zero-order chi connectivity index (χ0) is 18.4. The van der Waals surface area contributed by atoms with Crippen molar-refractivity contribution in [3.63, 3.8) is 0 Å². The third kappa shape index (κ3) is 6.29. The van der Waals surface area contributed by atoms with E-state index in [0.29, 0.717) is 17.9 Å². The summed E-state index contributed by atoms with van der Waals surface area (Å²) < 4.78 is 5.71. The molecule has 0 aliphatic heterocycles. The van der Waals surface area contributed by atoms with Crippen LogP contribution in [0.1, 0.15) is 43.6 Å². The minimum atomic E-state index is -0.270. The van der Waals surface area contributed by atoms with Crippen LogP contribution in [-0.4, -0.2) is 18.1 Å². The predicted molar refractivity (Wildman–Crippen MR) is 106 cm³/mol. The summed E-state index contributed by atoms with van der Waals surface area (Å²) in [5.74, 6) is 1.46. The molecular formula is C20H24ClNO2S. The van der Waals surface area contributed by atoms with Gasteiger partial charge in [-0.3, -0.25) is 4.79 Å². The van der Waals surface area contributed by atoms with Gasteiger partial charge < -0.3 is 10.1 Å². The van der Waals surface area contributed by atoms with Gasteiger partial charge in [0, 0.05) is 32.3 Å². The van der Waals surface area contributed by atoms with Crippen molar-refractivity contribution in [1.29, 1.82) is 0 Å². The van der Waals surface area contributed by atoms with Crippen molar-refractivity contribution in [2.75, 3.05) is 6.61 Å². The van der Waals surface area contributed by atoms with Crippen molar-refractivity contribution < 1.29 is 9.53 Å². The van der Waals surface area contributed by atoms with Gasteiger partial charge in [-0.25, -0.2) is 0 Å². The Balaban J connectivity index is 2.19. The molecule has 2 aromatic carbocycles. The highest BCUT2D eigenvalue weighted by molar-refractivity contribution is 7.98. The van der Waals surface area contributed by atoms with Gasteiger partial charge in [0.25, 0.3) is 5.91 Å². The summed E-state index contributed by atoms with van der Waals surface area (Å²) in [4.78, 5) is 13.5. The zero-order valence-corrected chi connectivity index (χ0v) is 16.6. The highest BCUT2D eigenvalue weighted by Crippen LogP contribution is 2.30. The minimum Gasteiger partial charge on any atom is -0.494 e. The Morgan fingerprint density at radius 3 is 2.44 bits per heavy atom. The fourth-order valence-electron chi connectivity index (χ4n) is 2.23. The van der Waals surface area contributed by atoms with E-state index in [1.54, 1.807) is 11.8 Å². The number of hydrogen-bond acceptors (Lipinski definition) is 3. The number of nitrogens with one attached hydrogen (secondary N) is 1. The number of amides is 1. The summed E-state index contributed by atoms with van der Waals surface area (Å²) in [6.07, 6.45) is 0. The number of hydrogen-bond donors (Lipinski definition) is 1. The van der Waals surface area contributed by atoms with E-state index in [4.69, 9.17) is 16.3 Å². The summed E-state index contributed by atoms with van der Waals surface area (Å²) in [6.45, 7) is 8.45. The molecule has 0 aromatic heterocycles. The predicted octanol–water partition coefficient (Wildman–Crippen LogP) is 5.56. The summed E-state index contributed by atoms with van der Waals surface area (Å²) in [5.41, 5.74) is 1.38. The van der Waals surface area contributed by atoms with Crippen molar-refractivity contribution in [3.05, 3.63) is 58.6 Å². The Labute approximate surface area is 159 Å². The number of rotatable bonds is 6. The summed E-state index contributed by atoms with van der Waals surface area (Å²) in [7, 11) is 0. The van der Waals surface area contributed by atoms with Crippen molar-refractivity contribution in [2.24, 2.45) is 0 Å². The van der Waals surface area contributed by atoms with Gasteiger partial charge in [-0.05, 0) is 70.2 Å². The van der Waals surface area contributed by atoms with Gasteiger partial charge in [0.05, 0.1) is 6.61 Å². The molecule has 0 radical (unpaired) electrons. The largest absolute Gasteiger partial charge is 0.494 e. The molecule has 5 heteroatoms. The SMILES string of the molecule is CCOc1ccc(C(=O)NC(C)(C)C)cc1CSc1ccc(Cl)cc1. The molecular weight excluding hydrogens is 354 g/mol. The van der Waals surface area contributed by atoms with Gasteiger partial charge in [0.1, 0.15) is 5.75 Å². The second kappa shape index (κ2) is 8.63. The highest BCUT2D eigenvalue weighted by atomic mass is 35.5. The number of carbonyl (C=O) groups is 1. The molecule has 2 aromatic rings. The maximum absolute atomic E-state index is 12.4. The number of carbonyl (C=O) groups excluding carboxylic acids is 1. The minimum absolute atomic E-state index is 0.0757. The molecule has 0 spiro atoms. The molecule has 1 amide bonds. The van der Waals surface area contributed by atoms with Crippen LogP contribution in [0.25, 0.3) is 0 Å². The van der Waals surface area contributed by atoms with Crippen molar-refractivity contribution in [1.82, 2.24) is 5.32 Å². The van der Waals surface area contributed by atoms with E-state index in [1.165, 1.54) is 0 Å². The van der Waals surface area contributed by atoms with E-state index in [0.717, 1.165) is 21.2 Å². The van der Waals surface area contributed by atoms with Crippen LogP contribution in [0, 0.1) is 0 Å². The van der Waals surface area contributed by atoms with Crippen LogP contribution in [0.5, 0.6) is 5.75 Å². The van der Waals surface area contributed by atoms with Gasteiger partial charge in [0.15, 0.2) is 0 Å². The molecule has 0 heterocycles. The van der Waals surface area contributed by atoms with Crippen LogP contribution < -0.4 is 10.1 Å². The monoisotopic (exact) mass is 377 g/mol. The van der Waals surface area contributed by atoms with Gasteiger partial charge >= 0.3 is 0 Å². The van der Waals surface area contributed by atoms with Gasteiger partial charge in [-0.1, -0.05) is 11.6 Å². The molecule has 1 N–H and O–H groups in total. The fourth-order valence-corrected chi connectivity index (χ4v) is 3.24. The van der Waals surface area contributed by atoms with Gasteiger partial charge in [-0.2, -0.15) is 0 Å². The van der Waals surface area contributed by atoms with E-state index >= 15 is 0 Å². The second-order valence-corrected chi connectivity index (χ2v) is 8.19. The van der Waals surface area contributed by atoms with E-state index in [2.05, 4.69) is 5.32 Å². The third-order valence-corrected chi connectivity index (χ3v) is 4.63. The van der Waals surface area contributed by atoms with Crippen molar-refractivity contribution in [3.8, 4) is 5.75 Å². The smallest absolute Gasteiger partial charge is 0.251 e. The molecule has 0 atom stereocenters. The maximum Gasteiger partial charge on any atom is 0.251 e. The Morgan fingerprint density at radius 1 is 1.16 bits per heavy atom. The van der Waals surface area contributed by atoms with E-state index in [-0.39, 0.29) is 11.4 Å². The first-order valence-electron chi connectivity index (χ1n) is 8.25. The molecule has 0 unspecified atom stereocenters. The summed E-state index contributed by atoms with van der Waals surface area (Å²) in [5, 5.41) is 3.72. The summed E-state index contributed by atoms with van der Waals surface area (Å²) >= 11 is 7.62. The lowest BCUT2D eigenvalue weighted by Crippen LogP contribution is -2.40. The lowest BCUT2D eigenvalue weighted by molar-refractivity contribution is 0.0919. The molecule has 0 bridgehead atoms. The molecule has 0 aliphatic rings. The quantitative estimate of drug-likeness (QED) is 0.670. The Morgan fingerprint density at radius 2 is 1.84 bits per heavy atom. The average Bonchev–Trinajstić information content (AvgIpc) is 2.54. The average molecular weight is 378 g/mol. The molecule has 2 rings (SSSR count). The van der Waals surface area contributed by atoms with Crippen molar-refractivity contribution in [2.45, 2.75) is 43.9 Å². The molecule has 0 saturated carbocycles. The lowest BCUT2D eigenvalue weighted by Gasteiger charge is -2.21. The highest BCUT2D eigenvalue weighted by Gasteiger charge is 2.17. The topological polar surface area (TPSA) is 38.3 Å². The van der Waals surface area contributed by atoms with Gasteiger partial charge in [0.2, 0.25) is 0 Å². The Hall–Kier alpha value is -1.65. The van der Waals surface area contributed by atoms with E-state index < -0.39 is 0 Å². The van der Waals surface area contributed by atoms with Crippen LogP contribution in [0.15, 0.2) is 47.4 Å². The fraction of sp³-hybridized carbons (Fsp3) is 0.350. The van der Waals surface area contributed by atoms with E-state index in [9.17, 15) is 4.79 Å². The van der Waals surface area contributed by atoms with Crippen LogP contribution in [-0.2, 0) is 5.75 Å². The number of benzene rings is 2. The van der Waals surface area contributed by atoms with Crippen LogP contribution in [0.3, 0.4) is 0 Å². The van der Waals surface area contributed by atoms with Crippen LogP contribution in [0.4, 0.5) is 0 Å². The van der Waals surface area contributed by atoms with Crippen LogP contribution in [0.2, 0.25) is 5.02 Å². The lowest BCUT2D eigenvalue weighted by atomic mass is 10.1. The molecule has 134 valence electrons. The van der Waals surface area contributed by atoms with Crippen molar-refractivity contribution >= 4 is 29.3 Å². The molecule has 3 nitrogen and oxygen atoms in total. The normalized spacial score (nSPS) is 11.2. The number of halogens is 1. The molecule has 0 fully saturated rings. The third-order valence-electron chi connectivity index (χ3n) is 3.32. The second-order valence-electron chi connectivity index (χ2n) is 6.70. The first kappa shape index (κ1) is 19.7. The Kier molecular flexibility index (Phi) is 6.79. The molecule has 25 heavy (non-hydrogen) atoms. The van der Waals surface area contributed by atoms with Gasteiger partial charge in [-0.15, -0.1) is 11.8 Å². The maximum atomic E-state index is 12.4. The Bertz CT molecular complexity index is 723.